The van der Waals surface area contributed by atoms with Crippen LogP contribution in [0, 0.1) is 11.8 Å². The van der Waals surface area contributed by atoms with E-state index in [0.717, 1.165) is 25.9 Å². The lowest BCUT2D eigenvalue weighted by atomic mass is 10.1. The maximum absolute atomic E-state index is 13.0. The first-order valence-electron chi connectivity index (χ1n) is 9.47. The average molecular weight is 387 g/mol. The Morgan fingerprint density at radius 3 is 2.64 bits per heavy atom. The van der Waals surface area contributed by atoms with E-state index < -0.39 is 5.97 Å². The second kappa shape index (κ2) is 8.78. The number of ether oxygens (including phenoxy) is 2. The summed E-state index contributed by atoms with van der Waals surface area (Å²) in [6.07, 6.45) is 3.36. The van der Waals surface area contributed by atoms with Gasteiger partial charge >= 0.3 is 12.0 Å². The normalized spacial score (nSPS) is 13.9. The van der Waals surface area contributed by atoms with Crippen molar-refractivity contribution >= 4 is 23.1 Å². The molecule has 1 fully saturated rings. The van der Waals surface area contributed by atoms with Crippen molar-refractivity contribution in [2.75, 3.05) is 31.2 Å². The van der Waals surface area contributed by atoms with Crippen molar-refractivity contribution in [3.63, 3.8) is 0 Å². The molecule has 3 rings (SSSR count). The fraction of sp³-hybridized carbons (Fsp3) is 0.579. The molecule has 0 aromatic carbocycles. The first-order chi connectivity index (χ1) is 13.6. The molecule has 0 saturated carbocycles. The van der Waals surface area contributed by atoms with Crippen molar-refractivity contribution in [2.24, 2.45) is 7.05 Å². The van der Waals surface area contributed by atoms with Crippen LogP contribution in [0.4, 0.5) is 5.95 Å². The van der Waals surface area contributed by atoms with E-state index in [9.17, 15) is 9.59 Å². The van der Waals surface area contributed by atoms with E-state index in [1.807, 2.05) is 4.57 Å². The summed E-state index contributed by atoms with van der Waals surface area (Å²) in [6, 6.07) is 0.0296. The molecule has 0 radical (unpaired) electrons. The molecule has 3 heterocycles. The highest BCUT2D eigenvalue weighted by Crippen LogP contribution is 2.23. The van der Waals surface area contributed by atoms with Gasteiger partial charge in [-0.3, -0.25) is 13.9 Å². The Hall–Kier alpha value is -3.02. The van der Waals surface area contributed by atoms with Gasteiger partial charge in [-0.25, -0.2) is 4.79 Å². The van der Waals surface area contributed by atoms with Gasteiger partial charge in [0, 0.05) is 20.1 Å². The summed E-state index contributed by atoms with van der Waals surface area (Å²) in [6.45, 7) is 5.54. The Morgan fingerprint density at radius 1 is 1.21 bits per heavy atom. The molecule has 1 aliphatic rings. The molecule has 0 amide bonds. The third kappa shape index (κ3) is 3.96. The minimum Gasteiger partial charge on any atom is -0.463 e. The molecule has 9 nitrogen and oxygen atoms in total. The van der Waals surface area contributed by atoms with Gasteiger partial charge in [0.2, 0.25) is 5.95 Å². The number of hydrogen-bond acceptors (Lipinski definition) is 7. The lowest BCUT2D eigenvalue weighted by Crippen LogP contribution is -2.32. The fourth-order valence-electron chi connectivity index (χ4n) is 3.23. The van der Waals surface area contributed by atoms with Gasteiger partial charge < -0.3 is 14.4 Å². The standard InChI is InChI=1S/C19H25N5O4/c1-4-6-12-24-15-16(20-18(24)23-10-8-7-9-11-23)21-19(22(3)17(15)26)28-13-14(25)27-5-2/h5,7-13H2,1-3H3. The predicted octanol–water partition coefficient (Wildman–Crippen LogP) is 1.09. The molecule has 9 heteroatoms. The molecule has 150 valence electrons. The van der Waals surface area contributed by atoms with Crippen LogP contribution in [0.3, 0.4) is 0 Å². The summed E-state index contributed by atoms with van der Waals surface area (Å²) in [5, 5.41) is 0. The predicted molar refractivity (Wildman–Crippen MR) is 104 cm³/mol. The number of carbonyl (C=O) groups excluding carboxylic acids is 1. The van der Waals surface area contributed by atoms with Crippen LogP contribution in [0.5, 0.6) is 6.01 Å². The van der Waals surface area contributed by atoms with E-state index in [1.165, 1.54) is 11.0 Å². The van der Waals surface area contributed by atoms with Crippen molar-refractivity contribution < 1.29 is 14.3 Å². The molecule has 0 N–H and O–H groups in total. The minimum absolute atomic E-state index is 0.0296. The van der Waals surface area contributed by atoms with Crippen LogP contribution in [-0.4, -0.2) is 51.4 Å². The van der Waals surface area contributed by atoms with Crippen molar-refractivity contribution in [2.45, 2.75) is 39.7 Å². The van der Waals surface area contributed by atoms with E-state index in [2.05, 4.69) is 26.7 Å². The van der Waals surface area contributed by atoms with Crippen LogP contribution in [0.25, 0.3) is 11.2 Å². The third-order valence-corrected chi connectivity index (χ3v) is 4.60. The van der Waals surface area contributed by atoms with Crippen molar-refractivity contribution in [3.8, 4) is 17.9 Å². The summed E-state index contributed by atoms with van der Waals surface area (Å²) < 4.78 is 13.3. The largest absolute Gasteiger partial charge is 0.463 e. The number of aromatic nitrogens is 4. The zero-order valence-electron chi connectivity index (χ0n) is 16.5. The van der Waals surface area contributed by atoms with Crippen molar-refractivity contribution in [1.82, 2.24) is 19.1 Å². The summed E-state index contributed by atoms with van der Waals surface area (Å²) in [5.74, 6) is 6.06. The number of piperidine rings is 1. The van der Waals surface area contributed by atoms with Crippen LogP contribution in [-0.2, 0) is 23.1 Å². The number of imidazole rings is 1. The van der Waals surface area contributed by atoms with Crippen LogP contribution in [0.1, 0.15) is 33.1 Å². The molecule has 2 aromatic heterocycles. The Labute approximate surface area is 163 Å². The maximum atomic E-state index is 13.0. The van der Waals surface area contributed by atoms with E-state index in [-0.39, 0.29) is 24.8 Å². The monoisotopic (exact) mass is 387 g/mol. The number of hydrogen-bond donors (Lipinski definition) is 0. The van der Waals surface area contributed by atoms with Gasteiger partial charge in [-0.1, -0.05) is 5.92 Å². The summed E-state index contributed by atoms with van der Waals surface area (Å²) in [7, 11) is 1.55. The fourth-order valence-corrected chi connectivity index (χ4v) is 3.23. The van der Waals surface area contributed by atoms with Crippen molar-refractivity contribution in [1.29, 1.82) is 0 Å². The number of rotatable bonds is 6. The number of nitrogens with zero attached hydrogens (tertiary/aromatic N) is 5. The molecular formula is C19H25N5O4. The zero-order valence-corrected chi connectivity index (χ0v) is 16.5. The van der Waals surface area contributed by atoms with E-state index in [4.69, 9.17) is 9.47 Å². The SMILES string of the molecule is CC#CCn1c(N2CCCCC2)nc2nc(OCC(=O)OCC)n(C)c(=O)c21. The lowest BCUT2D eigenvalue weighted by Gasteiger charge is -2.27. The molecule has 1 aliphatic heterocycles. The third-order valence-electron chi connectivity index (χ3n) is 4.60. The molecule has 1 saturated heterocycles. The molecule has 0 unspecified atom stereocenters. The van der Waals surface area contributed by atoms with E-state index in [1.54, 1.807) is 20.9 Å². The first kappa shape index (κ1) is 19.7. The highest BCUT2D eigenvalue weighted by molar-refractivity contribution is 5.75. The number of carbonyl (C=O) groups is 1. The van der Waals surface area contributed by atoms with Crippen LogP contribution < -0.4 is 15.2 Å². The smallest absolute Gasteiger partial charge is 0.344 e. The molecular weight excluding hydrogens is 362 g/mol. The van der Waals surface area contributed by atoms with Gasteiger partial charge in [-0.2, -0.15) is 9.97 Å². The Balaban J connectivity index is 2.04. The molecule has 0 spiro atoms. The minimum atomic E-state index is -0.519. The van der Waals surface area contributed by atoms with Crippen LogP contribution >= 0.6 is 0 Å². The quantitative estimate of drug-likeness (QED) is 0.541. The Morgan fingerprint density at radius 2 is 1.96 bits per heavy atom. The molecule has 0 aliphatic carbocycles. The summed E-state index contributed by atoms with van der Waals surface area (Å²) in [4.78, 5) is 35.7. The molecule has 2 aromatic rings. The topological polar surface area (TPSA) is 91.5 Å². The van der Waals surface area contributed by atoms with E-state index >= 15 is 0 Å². The Bertz CT molecular complexity index is 976. The summed E-state index contributed by atoms with van der Waals surface area (Å²) in [5.41, 5.74) is 0.382. The van der Waals surface area contributed by atoms with E-state index in [0.29, 0.717) is 23.7 Å². The molecule has 0 atom stereocenters. The van der Waals surface area contributed by atoms with Crippen LogP contribution in [0.15, 0.2) is 4.79 Å². The van der Waals surface area contributed by atoms with Crippen LogP contribution in [0.2, 0.25) is 0 Å². The van der Waals surface area contributed by atoms with Gasteiger partial charge in [0.05, 0.1) is 13.2 Å². The number of fused-ring (bicyclic) bond motifs is 1. The molecule has 0 bridgehead atoms. The average Bonchev–Trinajstić information content (AvgIpc) is 3.07. The zero-order chi connectivity index (χ0) is 20.1. The Kier molecular flexibility index (Phi) is 6.19. The van der Waals surface area contributed by atoms with Gasteiger partial charge in [0.15, 0.2) is 17.8 Å². The summed E-state index contributed by atoms with van der Waals surface area (Å²) >= 11 is 0. The molecule has 28 heavy (non-hydrogen) atoms. The van der Waals surface area contributed by atoms with Crippen molar-refractivity contribution in [3.05, 3.63) is 10.4 Å². The van der Waals surface area contributed by atoms with Gasteiger partial charge in [-0.15, -0.1) is 5.92 Å². The van der Waals surface area contributed by atoms with Gasteiger partial charge in [0.1, 0.15) is 0 Å². The lowest BCUT2D eigenvalue weighted by molar-refractivity contribution is -0.145. The number of anilines is 1. The second-order valence-corrected chi connectivity index (χ2v) is 6.50. The second-order valence-electron chi connectivity index (χ2n) is 6.50. The van der Waals surface area contributed by atoms with Gasteiger partial charge in [0.25, 0.3) is 5.56 Å². The maximum Gasteiger partial charge on any atom is 0.344 e. The first-order valence-corrected chi connectivity index (χ1v) is 9.47. The highest BCUT2D eigenvalue weighted by Gasteiger charge is 2.23. The highest BCUT2D eigenvalue weighted by atomic mass is 16.6. The van der Waals surface area contributed by atoms with Gasteiger partial charge in [-0.05, 0) is 33.1 Å². The number of esters is 1.